The molecule has 10 heteroatoms. The van der Waals surface area contributed by atoms with Crippen molar-refractivity contribution in [3.8, 4) is 5.88 Å². The molecule has 0 radical (unpaired) electrons. The molecule has 0 aliphatic carbocycles. The second kappa shape index (κ2) is 9.26. The number of nitrogens with zero attached hydrogens (tertiary/aromatic N) is 3. The summed E-state index contributed by atoms with van der Waals surface area (Å²) >= 11 is 0. The monoisotopic (exact) mass is 498 g/mol. The van der Waals surface area contributed by atoms with Crippen LogP contribution in [-0.4, -0.2) is 36.4 Å². The van der Waals surface area contributed by atoms with Crippen molar-refractivity contribution in [3.63, 3.8) is 0 Å². The lowest BCUT2D eigenvalue weighted by Gasteiger charge is -2.33. The van der Waals surface area contributed by atoms with Crippen molar-refractivity contribution in [2.24, 2.45) is 11.7 Å². The number of nitrogens with two attached hydrogens (primary N) is 1. The summed E-state index contributed by atoms with van der Waals surface area (Å²) in [6.45, 7) is 6.83. The van der Waals surface area contributed by atoms with Crippen molar-refractivity contribution in [2.75, 3.05) is 11.4 Å². The van der Waals surface area contributed by atoms with Crippen LogP contribution in [0, 0.1) is 11.7 Å². The SMILES string of the molecule is CC1CN(c2nccc(S(=O)(=O)c3cccc(OCc4ccc(F)cc4)n3)c2C(N)=O)C(C)(C)C1. The van der Waals surface area contributed by atoms with Gasteiger partial charge in [0.05, 0.1) is 4.90 Å². The van der Waals surface area contributed by atoms with E-state index in [1.54, 1.807) is 12.1 Å². The maximum atomic E-state index is 13.6. The lowest BCUT2D eigenvalue weighted by Crippen LogP contribution is -2.40. The van der Waals surface area contributed by atoms with Gasteiger partial charge < -0.3 is 15.4 Å². The van der Waals surface area contributed by atoms with E-state index in [1.165, 1.54) is 42.6 Å². The fourth-order valence-corrected chi connectivity index (χ4v) is 5.92. The molecule has 1 aliphatic rings. The van der Waals surface area contributed by atoms with Crippen LogP contribution in [0.4, 0.5) is 10.2 Å². The van der Waals surface area contributed by atoms with Crippen molar-refractivity contribution >= 4 is 21.6 Å². The summed E-state index contributed by atoms with van der Waals surface area (Å²) in [5, 5.41) is -0.289. The number of halogens is 1. The third kappa shape index (κ3) is 4.97. The molecule has 3 aromatic rings. The highest BCUT2D eigenvalue weighted by molar-refractivity contribution is 7.91. The maximum Gasteiger partial charge on any atom is 0.253 e. The van der Waals surface area contributed by atoms with Gasteiger partial charge >= 0.3 is 0 Å². The van der Waals surface area contributed by atoms with Crippen LogP contribution in [0.3, 0.4) is 0 Å². The Labute approximate surface area is 203 Å². The summed E-state index contributed by atoms with van der Waals surface area (Å²) in [7, 11) is -4.24. The van der Waals surface area contributed by atoms with Gasteiger partial charge in [0.25, 0.3) is 5.91 Å². The number of hydrogen-bond donors (Lipinski definition) is 1. The van der Waals surface area contributed by atoms with E-state index in [4.69, 9.17) is 10.5 Å². The van der Waals surface area contributed by atoms with Crippen LogP contribution < -0.4 is 15.4 Å². The zero-order valence-corrected chi connectivity index (χ0v) is 20.5. The van der Waals surface area contributed by atoms with E-state index >= 15 is 0 Å². The molecule has 1 aromatic carbocycles. The first-order valence-corrected chi connectivity index (χ1v) is 12.6. The molecule has 1 atom stereocenters. The molecule has 1 unspecified atom stereocenters. The van der Waals surface area contributed by atoms with Crippen molar-refractivity contribution in [3.05, 3.63) is 71.7 Å². The van der Waals surface area contributed by atoms with Crippen molar-refractivity contribution < 1.29 is 22.3 Å². The number of primary amides is 1. The molecule has 8 nitrogen and oxygen atoms in total. The number of carbonyl (C=O) groups is 1. The fourth-order valence-electron chi connectivity index (χ4n) is 4.53. The van der Waals surface area contributed by atoms with E-state index in [-0.39, 0.29) is 45.1 Å². The molecule has 184 valence electrons. The molecule has 1 aliphatic heterocycles. The van der Waals surface area contributed by atoms with Crippen molar-refractivity contribution in [1.82, 2.24) is 9.97 Å². The molecule has 0 saturated carbocycles. The van der Waals surface area contributed by atoms with Gasteiger partial charge in [0.1, 0.15) is 23.8 Å². The third-order valence-electron chi connectivity index (χ3n) is 6.03. The van der Waals surface area contributed by atoms with Gasteiger partial charge in [-0.3, -0.25) is 4.79 Å². The van der Waals surface area contributed by atoms with Gasteiger partial charge in [0.15, 0.2) is 5.03 Å². The molecule has 2 N–H and O–H groups in total. The lowest BCUT2D eigenvalue weighted by molar-refractivity contribution is 0.0997. The number of amides is 1. The zero-order chi connectivity index (χ0) is 25.4. The lowest BCUT2D eigenvalue weighted by atomic mass is 9.97. The van der Waals surface area contributed by atoms with Crippen LogP contribution in [0.2, 0.25) is 0 Å². The summed E-state index contributed by atoms with van der Waals surface area (Å²) in [6, 6.07) is 11.3. The highest BCUT2D eigenvalue weighted by atomic mass is 32.2. The molecule has 1 fully saturated rings. The number of aromatic nitrogens is 2. The second-order valence-corrected chi connectivity index (χ2v) is 11.2. The minimum absolute atomic E-state index is 0.0693. The van der Waals surface area contributed by atoms with Gasteiger partial charge in [0, 0.05) is 24.3 Å². The van der Waals surface area contributed by atoms with Gasteiger partial charge in [-0.05, 0) is 56.0 Å². The predicted molar refractivity (Wildman–Crippen MR) is 128 cm³/mol. The second-order valence-electron chi connectivity index (χ2n) is 9.34. The average Bonchev–Trinajstić information content (AvgIpc) is 3.09. The number of sulfone groups is 1. The molecule has 3 heterocycles. The standard InChI is InChI=1S/C25H27FN4O4S/c1-16-13-25(2,3)30(14-16)24-22(23(27)31)19(11-12-28-24)35(32,33)21-6-4-5-20(29-21)34-15-17-7-9-18(26)10-8-17/h4-12,16H,13-15H2,1-3H3,(H2,27,31). The Morgan fingerprint density at radius 2 is 1.91 bits per heavy atom. The number of rotatable bonds is 7. The van der Waals surface area contributed by atoms with Crippen molar-refractivity contribution in [1.29, 1.82) is 0 Å². The highest BCUT2D eigenvalue weighted by Crippen LogP contribution is 2.39. The largest absolute Gasteiger partial charge is 0.473 e. The number of benzene rings is 1. The first-order valence-electron chi connectivity index (χ1n) is 11.1. The maximum absolute atomic E-state index is 13.6. The number of ether oxygens (including phenoxy) is 1. The van der Waals surface area contributed by atoms with E-state index in [2.05, 4.69) is 16.9 Å². The molecule has 0 spiro atoms. The summed E-state index contributed by atoms with van der Waals surface area (Å²) < 4.78 is 45.9. The van der Waals surface area contributed by atoms with Crippen LogP contribution >= 0.6 is 0 Å². The fraction of sp³-hybridized carbons (Fsp3) is 0.320. The summed E-state index contributed by atoms with van der Waals surface area (Å²) in [4.78, 5) is 22.7. The predicted octanol–water partition coefficient (Wildman–Crippen LogP) is 3.75. The molecular formula is C25H27FN4O4S. The van der Waals surface area contributed by atoms with Gasteiger partial charge in [-0.15, -0.1) is 0 Å². The van der Waals surface area contributed by atoms with E-state index in [0.717, 1.165) is 6.42 Å². The van der Waals surface area contributed by atoms with Gasteiger partial charge in [-0.25, -0.2) is 22.8 Å². The normalized spacial score (nSPS) is 17.4. The van der Waals surface area contributed by atoms with E-state index in [0.29, 0.717) is 18.0 Å². The summed E-state index contributed by atoms with van der Waals surface area (Å²) in [5.74, 6) is -0.597. The summed E-state index contributed by atoms with van der Waals surface area (Å²) in [5.41, 5.74) is 5.90. The van der Waals surface area contributed by atoms with Crippen LogP contribution in [0.1, 0.15) is 43.1 Å². The Kier molecular flexibility index (Phi) is 6.50. The van der Waals surface area contributed by atoms with E-state index in [9.17, 15) is 17.6 Å². The van der Waals surface area contributed by atoms with Crippen molar-refractivity contribution in [2.45, 2.75) is 49.3 Å². The Balaban J connectivity index is 1.70. The van der Waals surface area contributed by atoms with E-state index in [1.807, 2.05) is 18.7 Å². The molecule has 1 amide bonds. The van der Waals surface area contributed by atoms with E-state index < -0.39 is 15.7 Å². The van der Waals surface area contributed by atoms with Crippen LogP contribution in [-0.2, 0) is 16.4 Å². The highest BCUT2D eigenvalue weighted by Gasteiger charge is 2.40. The quantitative estimate of drug-likeness (QED) is 0.527. The molecule has 2 aromatic heterocycles. The van der Waals surface area contributed by atoms with Gasteiger partial charge in [0.2, 0.25) is 15.7 Å². The number of hydrogen-bond acceptors (Lipinski definition) is 7. The van der Waals surface area contributed by atoms with Crippen LogP contribution in [0.5, 0.6) is 5.88 Å². The topological polar surface area (TPSA) is 115 Å². The van der Waals surface area contributed by atoms with Crippen LogP contribution in [0.25, 0.3) is 0 Å². The summed E-state index contributed by atoms with van der Waals surface area (Å²) in [6.07, 6.45) is 2.22. The molecule has 1 saturated heterocycles. The molecule has 4 rings (SSSR count). The first-order chi connectivity index (χ1) is 16.5. The Morgan fingerprint density at radius 3 is 2.54 bits per heavy atom. The number of carbonyl (C=O) groups excluding carboxylic acids is 1. The third-order valence-corrected chi connectivity index (χ3v) is 7.73. The Bertz CT molecular complexity index is 1360. The zero-order valence-electron chi connectivity index (χ0n) is 19.7. The Hall–Kier alpha value is -3.53. The molecule has 35 heavy (non-hydrogen) atoms. The smallest absolute Gasteiger partial charge is 0.253 e. The van der Waals surface area contributed by atoms with Gasteiger partial charge in [-0.2, -0.15) is 0 Å². The van der Waals surface area contributed by atoms with Crippen LogP contribution in [0.15, 0.2) is 64.6 Å². The first kappa shape index (κ1) is 24.6. The minimum Gasteiger partial charge on any atom is -0.473 e. The average molecular weight is 499 g/mol. The minimum atomic E-state index is -4.24. The number of pyridine rings is 2. The Morgan fingerprint density at radius 1 is 1.20 bits per heavy atom. The molecule has 0 bridgehead atoms. The molecular weight excluding hydrogens is 471 g/mol. The number of anilines is 1. The van der Waals surface area contributed by atoms with Gasteiger partial charge in [-0.1, -0.05) is 25.1 Å².